The van der Waals surface area contributed by atoms with Crippen LogP contribution in [0.1, 0.15) is 33.1 Å². The molecule has 11 heteroatoms. The maximum absolute atomic E-state index is 12.3. The molecule has 0 spiro atoms. The molecule has 0 aromatic heterocycles. The molecule has 0 unspecified atom stereocenters. The highest BCUT2D eigenvalue weighted by atomic mass is 16.4. The number of carboxylic acid groups (broad SMARTS) is 1. The summed E-state index contributed by atoms with van der Waals surface area (Å²) in [6.07, 6.45) is -0.810. The van der Waals surface area contributed by atoms with Crippen molar-refractivity contribution in [3.63, 3.8) is 0 Å². The van der Waals surface area contributed by atoms with Crippen molar-refractivity contribution in [3.8, 4) is 0 Å². The fraction of sp³-hybridized carbons (Fsp3) is 0.643. The lowest BCUT2D eigenvalue weighted by Crippen LogP contribution is -2.55. The number of hydrogen-bond donors (Lipinski definition) is 6. The van der Waals surface area contributed by atoms with Crippen LogP contribution in [-0.2, 0) is 24.0 Å². The van der Waals surface area contributed by atoms with Gasteiger partial charge in [0.05, 0.1) is 18.9 Å². The molecule has 0 aliphatic carbocycles. The van der Waals surface area contributed by atoms with Gasteiger partial charge in [-0.05, 0) is 12.3 Å². The number of aliphatic carboxylic acids is 1. The third-order valence-corrected chi connectivity index (χ3v) is 3.12. The normalized spacial score (nSPS) is 14.2. The highest BCUT2D eigenvalue weighted by molar-refractivity contribution is 5.94. The van der Waals surface area contributed by atoms with E-state index in [1.807, 2.05) is 0 Å². The summed E-state index contributed by atoms with van der Waals surface area (Å²) in [6.45, 7) is 3.57. The highest BCUT2D eigenvalue weighted by Crippen LogP contribution is 2.07. The van der Waals surface area contributed by atoms with E-state index in [4.69, 9.17) is 22.3 Å². The summed E-state index contributed by atoms with van der Waals surface area (Å²) in [5, 5.41) is 13.5. The number of amides is 4. The van der Waals surface area contributed by atoms with Crippen molar-refractivity contribution < 1.29 is 29.1 Å². The minimum atomic E-state index is -1.52. The lowest BCUT2D eigenvalue weighted by Gasteiger charge is -2.23. The molecule has 4 amide bonds. The van der Waals surface area contributed by atoms with Crippen LogP contribution >= 0.6 is 0 Å². The highest BCUT2D eigenvalue weighted by Gasteiger charge is 2.29. The number of carboxylic acids is 1. The fourth-order valence-electron chi connectivity index (χ4n) is 1.96. The fourth-order valence-corrected chi connectivity index (χ4v) is 1.96. The Kier molecular flexibility index (Phi) is 9.13. The largest absolute Gasteiger partial charge is 0.480 e. The molecule has 11 nitrogen and oxygen atoms in total. The standard InChI is InChI=1S/C14H25N5O6/c1-6(2)3-8(18-12(22)7(15)4-10(16)20)13(23)19-9(14(24)25)5-11(17)21/h6-9H,3-5,15H2,1-2H3,(H2,16,20)(H2,17,21)(H,18,22)(H,19,23)(H,24,25)/t7-,8-,9-/m0/s1. The first-order valence-electron chi connectivity index (χ1n) is 7.59. The molecule has 0 bridgehead atoms. The van der Waals surface area contributed by atoms with Gasteiger partial charge in [0.15, 0.2) is 0 Å². The maximum atomic E-state index is 12.3. The molecule has 0 radical (unpaired) electrons. The number of carbonyl (C=O) groups is 5. The van der Waals surface area contributed by atoms with Crippen LogP contribution in [0, 0.1) is 5.92 Å². The number of carbonyl (C=O) groups excluding carboxylic acids is 4. The predicted molar refractivity (Wildman–Crippen MR) is 86.6 cm³/mol. The zero-order valence-corrected chi connectivity index (χ0v) is 14.2. The van der Waals surface area contributed by atoms with Gasteiger partial charge in [-0.25, -0.2) is 4.79 Å². The summed E-state index contributed by atoms with van der Waals surface area (Å²) >= 11 is 0. The van der Waals surface area contributed by atoms with Crippen molar-refractivity contribution in [2.45, 2.75) is 51.2 Å². The summed E-state index contributed by atoms with van der Waals surface area (Å²) < 4.78 is 0. The van der Waals surface area contributed by atoms with Crippen LogP contribution in [0.15, 0.2) is 0 Å². The van der Waals surface area contributed by atoms with E-state index >= 15 is 0 Å². The molecule has 0 fully saturated rings. The van der Waals surface area contributed by atoms with Gasteiger partial charge in [0, 0.05) is 0 Å². The van der Waals surface area contributed by atoms with E-state index in [9.17, 15) is 24.0 Å². The summed E-state index contributed by atoms with van der Waals surface area (Å²) in [7, 11) is 0. The first kappa shape index (κ1) is 22.3. The van der Waals surface area contributed by atoms with Crippen molar-refractivity contribution in [1.29, 1.82) is 0 Å². The van der Waals surface area contributed by atoms with Crippen molar-refractivity contribution >= 4 is 29.6 Å². The molecule has 0 aromatic carbocycles. The van der Waals surface area contributed by atoms with Crippen LogP contribution in [0.5, 0.6) is 0 Å². The molecule has 0 aromatic rings. The molecule has 0 aliphatic heterocycles. The minimum Gasteiger partial charge on any atom is -0.480 e. The van der Waals surface area contributed by atoms with E-state index in [2.05, 4.69) is 10.6 Å². The van der Waals surface area contributed by atoms with Gasteiger partial charge in [-0.15, -0.1) is 0 Å². The zero-order chi connectivity index (χ0) is 19.7. The van der Waals surface area contributed by atoms with Gasteiger partial charge < -0.3 is 32.9 Å². The van der Waals surface area contributed by atoms with Gasteiger partial charge >= 0.3 is 5.97 Å². The van der Waals surface area contributed by atoms with Crippen molar-refractivity contribution in [2.24, 2.45) is 23.1 Å². The smallest absolute Gasteiger partial charge is 0.326 e. The Morgan fingerprint density at radius 2 is 1.36 bits per heavy atom. The number of primary amides is 2. The van der Waals surface area contributed by atoms with Crippen molar-refractivity contribution in [3.05, 3.63) is 0 Å². The van der Waals surface area contributed by atoms with Gasteiger partial charge in [-0.2, -0.15) is 0 Å². The molecule has 0 saturated carbocycles. The van der Waals surface area contributed by atoms with Gasteiger partial charge in [0.2, 0.25) is 23.6 Å². The van der Waals surface area contributed by atoms with Gasteiger partial charge in [0.25, 0.3) is 0 Å². The molecule has 0 rings (SSSR count). The second kappa shape index (κ2) is 10.2. The first-order chi connectivity index (χ1) is 11.4. The quantitative estimate of drug-likeness (QED) is 0.227. The Morgan fingerprint density at radius 3 is 1.76 bits per heavy atom. The molecule has 142 valence electrons. The molecule has 9 N–H and O–H groups in total. The Morgan fingerprint density at radius 1 is 0.880 bits per heavy atom. The zero-order valence-electron chi connectivity index (χ0n) is 14.2. The molecular formula is C14H25N5O6. The van der Waals surface area contributed by atoms with Crippen LogP contribution < -0.4 is 27.8 Å². The monoisotopic (exact) mass is 359 g/mol. The van der Waals surface area contributed by atoms with Crippen molar-refractivity contribution in [2.75, 3.05) is 0 Å². The average molecular weight is 359 g/mol. The minimum absolute atomic E-state index is 0.0252. The lowest BCUT2D eigenvalue weighted by molar-refractivity contribution is -0.143. The third kappa shape index (κ3) is 9.25. The van der Waals surface area contributed by atoms with E-state index in [0.717, 1.165) is 0 Å². The van der Waals surface area contributed by atoms with E-state index in [-0.39, 0.29) is 12.3 Å². The number of nitrogens with one attached hydrogen (secondary N) is 2. The molecule has 25 heavy (non-hydrogen) atoms. The van der Waals surface area contributed by atoms with Crippen LogP contribution in [0.2, 0.25) is 0 Å². The number of hydrogen-bond acceptors (Lipinski definition) is 6. The third-order valence-electron chi connectivity index (χ3n) is 3.12. The molecule has 0 heterocycles. The predicted octanol–water partition coefficient (Wildman–Crippen LogP) is -2.84. The number of nitrogens with two attached hydrogens (primary N) is 3. The Labute approximate surface area is 144 Å². The van der Waals surface area contributed by atoms with E-state index < -0.39 is 60.6 Å². The Hall–Kier alpha value is -2.69. The average Bonchev–Trinajstić information content (AvgIpc) is 2.43. The maximum Gasteiger partial charge on any atom is 0.326 e. The van der Waals surface area contributed by atoms with Gasteiger partial charge in [-0.3, -0.25) is 19.2 Å². The number of rotatable bonds is 11. The Bertz CT molecular complexity index is 536. The molecular weight excluding hydrogens is 334 g/mol. The van der Waals surface area contributed by atoms with E-state index in [1.54, 1.807) is 13.8 Å². The summed E-state index contributed by atoms with van der Waals surface area (Å²) in [6, 6.07) is -3.85. The van der Waals surface area contributed by atoms with Crippen LogP contribution in [0.25, 0.3) is 0 Å². The topological polar surface area (TPSA) is 208 Å². The Balaban J connectivity index is 5.08. The SMILES string of the molecule is CC(C)C[C@H](NC(=O)[C@@H](N)CC(N)=O)C(=O)N[C@@H](CC(N)=O)C(=O)O. The summed E-state index contributed by atoms with van der Waals surface area (Å²) in [5.41, 5.74) is 15.4. The van der Waals surface area contributed by atoms with Crippen LogP contribution in [0.3, 0.4) is 0 Å². The molecule has 0 aliphatic rings. The van der Waals surface area contributed by atoms with E-state index in [0.29, 0.717) is 0 Å². The lowest BCUT2D eigenvalue weighted by atomic mass is 10.0. The second-order valence-corrected chi connectivity index (χ2v) is 6.04. The summed E-state index contributed by atoms with van der Waals surface area (Å²) in [5.74, 6) is -4.72. The van der Waals surface area contributed by atoms with Gasteiger partial charge in [0.1, 0.15) is 12.1 Å². The second-order valence-electron chi connectivity index (χ2n) is 6.04. The van der Waals surface area contributed by atoms with Crippen LogP contribution in [0.4, 0.5) is 0 Å². The summed E-state index contributed by atoms with van der Waals surface area (Å²) in [4.78, 5) is 57.0. The molecule has 0 saturated heterocycles. The van der Waals surface area contributed by atoms with Crippen LogP contribution in [-0.4, -0.2) is 52.8 Å². The van der Waals surface area contributed by atoms with E-state index in [1.165, 1.54) is 0 Å². The van der Waals surface area contributed by atoms with Crippen molar-refractivity contribution in [1.82, 2.24) is 10.6 Å². The van der Waals surface area contributed by atoms with Gasteiger partial charge in [-0.1, -0.05) is 13.8 Å². The first-order valence-corrected chi connectivity index (χ1v) is 7.59. The molecule has 3 atom stereocenters.